The molecule has 0 saturated carbocycles. The van der Waals surface area contributed by atoms with Crippen molar-refractivity contribution in [3.63, 3.8) is 0 Å². The monoisotopic (exact) mass is 388 g/mol. The smallest absolute Gasteiger partial charge is 0.127 e. The van der Waals surface area contributed by atoms with Gasteiger partial charge in [-0.05, 0) is 75.6 Å². The Balaban J connectivity index is 2.17. The Hall–Kier alpha value is -2.78. The third-order valence-electron chi connectivity index (χ3n) is 6.73. The molecule has 3 aromatic carbocycles. The third-order valence-corrected chi connectivity index (χ3v) is 6.73. The van der Waals surface area contributed by atoms with E-state index < -0.39 is 0 Å². The second-order valence-electron chi connectivity index (χ2n) is 8.31. The van der Waals surface area contributed by atoms with Gasteiger partial charge >= 0.3 is 0 Å². The normalized spacial score (nSPS) is 18.8. The van der Waals surface area contributed by atoms with E-state index in [0.717, 1.165) is 72.8 Å². The molecule has 0 spiro atoms. The van der Waals surface area contributed by atoms with Crippen molar-refractivity contribution in [2.75, 3.05) is 13.7 Å². The van der Waals surface area contributed by atoms with Crippen molar-refractivity contribution in [2.45, 2.75) is 32.6 Å². The molecule has 2 atom stereocenters. The van der Waals surface area contributed by atoms with Gasteiger partial charge in [0.1, 0.15) is 11.5 Å². The van der Waals surface area contributed by atoms with Crippen LogP contribution in [0.3, 0.4) is 0 Å². The first-order valence-corrected chi connectivity index (χ1v) is 10.0. The van der Waals surface area contributed by atoms with Crippen LogP contribution in [0.25, 0.3) is 34.7 Å². The lowest BCUT2D eigenvalue weighted by Crippen LogP contribution is -2.23. The number of aryl methyl sites for hydroxylation is 1. The molecule has 0 heterocycles. The highest BCUT2D eigenvalue weighted by Gasteiger charge is 2.31. The van der Waals surface area contributed by atoms with E-state index in [1.165, 1.54) is 0 Å². The molecule has 0 amide bonds. The molecule has 0 aliphatic heterocycles. The second kappa shape index (κ2) is 6.93. The fourth-order valence-corrected chi connectivity index (χ4v) is 5.24. The van der Waals surface area contributed by atoms with Crippen molar-refractivity contribution in [3.8, 4) is 11.5 Å². The first-order chi connectivity index (χ1) is 13.8. The Morgan fingerprint density at radius 3 is 2.55 bits per heavy atom. The number of methoxy groups -OCH3 is 1. The number of hydrogen-bond donors (Lipinski definition) is 2. The van der Waals surface area contributed by atoms with Gasteiger partial charge in [-0.2, -0.15) is 0 Å². The van der Waals surface area contributed by atoms with E-state index in [4.69, 9.17) is 4.74 Å². The van der Waals surface area contributed by atoms with Crippen molar-refractivity contribution in [1.82, 2.24) is 0 Å². The number of benzene rings is 3. The molecule has 29 heavy (non-hydrogen) atoms. The third kappa shape index (κ3) is 2.68. The topological polar surface area (TPSA) is 49.7 Å². The van der Waals surface area contributed by atoms with Gasteiger partial charge in [0.05, 0.1) is 13.7 Å². The van der Waals surface area contributed by atoms with Crippen LogP contribution >= 0.6 is 0 Å². The van der Waals surface area contributed by atoms with Crippen LogP contribution in [0.15, 0.2) is 30.4 Å². The van der Waals surface area contributed by atoms with E-state index in [0.29, 0.717) is 5.75 Å². The van der Waals surface area contributed by atoms with Crippen molar-refractivity contribution in [2.24, 2.45) is 5.92 Å². The zero-order valence-corrected chi connectivity index (χ0v) is 17.4. The molecule has 4 rings (SSSR count). The molecule has 1 unspecified atom stereocenters. The number of aromatic hydroxyl groups is 1. The van der Waals surface area contributed by atoms with E-state index in [2.05, 4.69) is 33.6 Å². The number of rotatable bonds is 3. The summed E-state index contributed by atoms with van der Waals surface area (Å²) < 4.78 is 5.59. The van der Waals surface area contributed by atoms with Gasteiger partial charge in [0, 0.05) is 16.3 Å². The summed E-state index contributed by atoms with van der Waals surface area (Å²) in [6, 6.07) is 5.90. The molecule has 0 saturated heterocycles. The largest absolute Gasteiger partial charge is 0.507 e. The van der Waals surface area contributed by atoms with E-state index in [-0.39, 0.29) is 18.4 Å². The Bertz CT molecular complexity index is 1270. The first-order valence-electron chi connectivity index (χ1n) is 10.0. The number of aliphatic hydroxyl groups is 1. The number of phenols is 1. The zero-order chi connectivity index (χ0) is 21.0. The highest BCUT2D eigenvalue weighted by atomic mass is 16.5. The molecular formula is C26H28O3. The van der Waals surface area contributed by atoms with Gasteiger partial charge in [0.25, 0.3) is 0 Å². The fraction of sp³-hybridized carbons (Fsp3) is 0.308. The van der Waals surface area contributed by atoms with Crippen LogP contribution in [-0.4, -0.2) is 23.9 Å². The Labute approximate surface area is 171 Å². The van der Waals surface area contributed by atoms with E-state index in [9.17, 15) is 10.2 Å². The average Bonchev–Trinajstić information content (AvgIpc) is 2.72. The Kier molecular flexibility index (Phi) is 4.66. The molecule has 1 aliphatic rings. The molecular weight excluding hydrogens is 360 g/mol. The molecule has 1 aliphatic carbocycles. The predicted molar refractivity (Wildman–Crippen MR) is 121 cm³/mol. The minimum Gasteiger partial charge on any atom is -0.507 e. The zero-order valence-electron chi connectivity index (χ0n) is 17.4. The number of fused-ring (bicyclic) bond motifs is 3. The van der Waals surface area contributed by atoms with E-state index >= 15 is 0 Å². The van der Waals surface area contributed by atoms with Crippen molar-refractivity contribution in [1.29, 1.82) is 0 Å². The summed E-state index contributed by atoms with van der Waals surface area (Å²) >= 11 is 0. The van der Waals surface area contributed by atoms with Crippen molar-refractivity contribution < 1.29 is 14.9 Å². The SMILES string of the molecule is C=C(CO)[C@@H]1Cc2c(c(O)c3c(=C)c4c(OC)cccc4c(=C)c3c2C)C(C)C1. The molecule has 0 aromatic heterocycles. The summed E-state index contributed by atoms with van der Waals surface area (Å²) in [5, 5.41) is 26.3. The summed E-state index contributed by atoms with van der Waals surface area (Å²) in [6.45, 7) is 17.0. The molecule has 0 bridgehead atoms. The Morgan fingerprint density at radius 1 is 1.17 bits per heavy atom. The summed E-state index contributed by atoms with van der Waals surface area (Å²) in [5.41, 5.74) is 4.14. The molecule has 3 aromatic rings. The van der Waals surface area contributed by atoms with Crippen LogP contribution in [0.5, 0.6) is 11.5 Å². The Morgan fingerprint density at radius 2 is 1.90 bits per heavy atom. The molecule has 0 radical (unpaired) electrons. The van der Waals surface area contributed by atoms with E-state index in [1.54, 1.807) is 7.11 Å². The fourth-order valence-electron chi connectivity index (χ4n) is 5.24. The second-order valence-corrected chi connectivity index (χ2v) is 8.31. The average molecular weight is 389 g/mol. The van der Waals surface area contributed by atoms with Crippen LogP contribution in [0.4, 0.5) is 0 Å². The van der Waals surface area contributed by atoms with Gasteiger partial charge in [-0.3, -0.25) is 0 Å². The van der Waals surface area contributed by atoms with Gasteiger partial charge in [-0.15, -0.1) is 0 Å². The number of ether oxygens (including phenoxy) is 1. The highest BCUT2D eigenvalue weighted by molar-refractivity contribution is 6.06. The molecule has 150 valence electrons. The first kappa shape index (κ1) is 19.5. The molecule has 3 heteroatoms. The van der Waals surface area contributed by atoms with Crippen molar-refractivity contribution >= 4 is 34.7 Å². The van der Waals surface area contributed by atoms with Crippen LogP contribution in [0.1, 0.15) is 36.0 Å². The number of hydrogen-bond acceptors (Lipinski definition) is 3. The standard InChI is InChI=1S/C26H28O3/c1-13-10-18(14(2)12-27)11-20-16(4)23-15(3)19-8-7-9-21(29-6)24(19)17(5)25(23)26(28)22(13)20/h7-9,13,18,27-28H,2-3,5,10-12H2,1,4,6H3/t13?,18-/m0/s1. The van der Waals surface area contributed by atoms with Gasteiger partial charge in [0.15, 0.2) is 0 Å². The van der Waals surface area contributed by atoms with Crippen LogP contribution in [0.2, 0.25) is 0 Å². The maximum Gasteiger partial charge on any atom is 0.127 e. The van der Waals surface area contributed by atoms with Gasteiger partial charge in [0.2, 0.25) is 0 Å². The maximum atomic E-state index is 11.4. The van der Waals surface area contributed by atoms with Gasteiger partial charge in [-0.25, -0.2) is 0 Å². The maximum absolute atomic E-state index is 11.4. The molecule has 3 nitrogen and oxygen atoms in total. The lowest BCUT2D eigenvalue weighted by molar-refractivity contribution is 0.303. The predicted octanol–water partition coefficient (Wildman–Crippen LogP) is 4.05. The highest BCUT2D eigenvalue weighted by Crippen LogP contribution is 2.46. The quantitative estimate of drug-likeness (QED) is 0.526. The minimum absolute atomic E-state index is 0.000620. The van der Waals surface area contributed by atoms with Crippen LogP contribution < -0.4 is 15.2 Å². The van der Waals surface area contributed by atoms with E-state index in [1.807, 2.05) is 18.2 Å². The lowest BCUT2D eigenvalue weighted by Gasteiger charge is -2.33. The molecule has 2 N–H and O–H groups in total. The summed E-state index contributed by atoms with van der Waals surface area (Å²) in [4.78, 5) is 0. The summed E-state index contributed by atoms with van der Waals surface area (Å²) in [6.07, 6.45) is 1.64. The van der Waals surface area contributed by atoms with Gasteiger partial charge in [-0.1, -0.05) is 38.8 Å². The minimum atomic E-state index is -0.000620. The summed E-state index contributed by atoms with van der Waals surface area (Å²) in [7, 11) is 1.65. The van der Waals surface area contributed by atoms with Crippen LogP contribution in [-0.2, 0) is 6.42 Å². The summed E-state index contributed by atoms with van der Waals surface area (Å²) in [5.74, 6) is 1.42. The molecule has 0 fully saturated rings. The number of aliphatic hydroxyl groups excluding tert-OH is 1. The van der Waals surface area contributed by atoms with Crippen molar-refractivity contribution in [3.05, 3.63) is 57.5 Å². The van der Waals surface area contributed by atoms with Crippen LogP contribution in [0, 0.1) is 12.8 Å². The number of phenolic OH excluding ortho intramolecular Hbond substituents is 1. The van der Waals surface area contributed by atoms with Gasteiger partial charge < -0.3 is 14.9 Å². The lowest BCUT2D eigenvalue weighted by atomic mass is 9.72.